The lowest BCUT2D eigenvalue weighted by atomic mass is 10.5. The van der Waals surface area contributed by atoms with E-state index in [0.717, 1.165) is 0 Å². The van der Waals surface area contributed by atoms with Crippen molar-refractivity contribution in [2.24, 2.45) is 0 Å². The highest BCUT2D eigenvalue weighted by atomic mass is 19.4. The third-order valence-corrected chi connectivity index (χ3v) is 0.496. The van der Waals surface area contributed by atoms with E-state index in [1.165, 1.54) is 0 Å². The Kier molecular flexibility index (Phi) is 6.27. The number of halogens is 3. The Morgan fingerprint density at radius 3 is 1.58 bits per heavy atom. The standard InChI is InChI=1S/C4H3F3O3.C2H6/c1-2(8)3(9)10-4(5,6)7;1-2/h1H3;1-2H3. The topological polar surface area (TPSA) is 43.4 Å². The molecule has 0 radical (unpaired) electrons. The third kappa shape index (κ3) is 8.93. The Hall–Kier alpha value is -1.07. The van der Waals surface area contributed by atoms with Gasteiger partial charge in [0.1, 0.15) is 0 Å². The largest absolute Gasteiger partial charge is 0.575 e. The molecule has 0 aliphatic rings. The number of ketones is 1. The van der Waals surface area contributed by atoms with Crippen LogP contribution in [0.1, 0.15) is 20.8 Å². The van der Waals surface area contributed by atoms with Gasteiger partial charge < -0.3 is 4.74 Å². The van der Waals surface area contributed by atoms with Crippen molar-refractivity contribution in [2.75, 3.05) is 0 Å². The number of alkyl halides is 3. The number of carbonyl (C=O) groups is 2. The molecule has 0 aromatic rings. The molecule has 0 fully saturated rings. The van der Waals surface area contributed by atoms with Crippen LogP contribution in [0, 0.1) is 0 Å². The number of Topliss-reactive ketones (excluding diaryl/α,β-unsaturated/α-hetero) is 1. The molecule has 6 heteroatoms. The summed E-state index contributed by atoms with van der Waals surface area (Å²) in [7, 11) is 0. The van der Waals surface area contributed by atoms with E-state index >= 15 is 0 Å². The summed E-state index contributed by atoms with van der Waals surface area (Å²) in [6, 6.07) is 0. The number of hydrogen-bond donors (Lipinski definition) is 0. The van der Waals surface area contributed by atoms with Gasteiger partial charge in [0, 0.05) is 6.92 Å². The van der Waals surface area contributed by atoms with Crippen molar-refractivity contribution in [1.29, 1.82) is 0 Å². The summed E-state index contributed by atoms with van der Waals surface area (Å²) in [5, 5.41) is 0. The van der Waals surface area contributed by atoms with Crippen molar-refractivity contribution in [1.82, 2.24) is 0 Å². The third-order valence-electron chi connectivity index (χ3n) is 0.496. The summed E-state index contributed by atoms with van der Waals surface area (Å²) < 4.78 is 35.9. The van der Waals surface area contributed by atoms with Crippen molar-refractivity contribution in [3.05, 3.63) is 0 Å². The first kappa shape index (κ1) is 13.5. The zero-order valence-electron chi connectivity index (χ0n) is 6.86. The van der Waals surface area contributed by atoms with Crippen molar-refractivity contribution < 1.29 is 27.5 Å². The van der Waals surface area contributed by atoms with Gasteiger partial charge in [0.15, 0.2) is 0 Å². The minimum atomic E-state index is -5.07. The van der Waals surface area contributed by atoms with Crippen LogP contribution in [0.2, 0.25) is 0 Å². The fourth-order valence-corrected chi connectivity index (χ4v) is 0.177. The van der Waals surface area contributed by atoms with Gasteiger partial charge >= 0.3 is 12.3 Å². The highest BCUT2D eigenvalue weighted by Crippen LogP contribution is 2.15. The molecule has 0 saturated heterocycles. The van der Waals surface area contributed by atoms with E-state index in [1.54, 1.807) is 0 Å². The van der Waals surface area contributed by atoms with Gasteiger partial charge in [0.05, 0.1) is 0 Å². The Morgan fingerprint density at radius 1 is 1.17 bits per heavy atom. The van der Waals surface area contributed by atoms with Gasteiger partial charge in [-0.2, -0.15) is 0 Å². The van der Waals surface area contributed by atoms with Gasteiger partial charge in [-0.05, 0) is 0 Å². The Bertz CT molecular complexity index is 162. The van der Waals surface area contributed by atoms with Crippen LogP contribution in [0.25, 0.3) is 0 Å². The number of rotatable bonds is 1. The molecular formula is C6H9F3O3. The fourth-order valence-electron chi connectivity index (χ4n) is 0.177. The summed E-state index contributed by atoms with van der Waals surface area (Å²) >= 11 is 0. The van der Waals surface area contributed by atoms with E-state index in [0.29, 0.717) is 6.92 Å². The maximum Gasteiger partial charge on any atom is 0.575 e. The van der Waals surface area contributed by atoms with E-state index in [2.05, 4.69) is 4.74 Å². The van der Waals surface area contributed by atoms with Crippen LogP contribution in [0.4, 0.5) is 13.2 Å². The van der Waals surface area contributed by atoms with Crippen molar-refractivity contribution in [3.8, 4) is 0 Å². The van der Waals surface area contributed by atoms with Crippen molar-refractivity contribution >= 4 is 11.8 Å². The molecule has 0 heterocycles. The molecule has 3 nitrogen and oxygen atoms in total. The predicted octanol–water partition coefficient (Wildman–Crippen LogP) is 1.66. The second kappa shape index (κ2) is 5.56. The van der Waals surface area contributed by atoms with E-state index in [4.69, 9.17) is 0 Å². The minimum Gasteiger partial charge on any atom is -0.367 e. The SMILES string of the molecule is CC.CC(=O)C(=O)OC(F)(F)F. The van der Waals surface area contributed by atoms with Crippen LogP contribution in [-0.4, -0.2) is 18.1 Å². The molecule has 0 aromatic heterocycles. The van der Waals surface area contributed by atoms with E-state index in [-0.39, 0.29) is 0 Å². The first-order valence-electron chi connectivity index (χ1n) is 3.13. The first-order valence-corrected chi connectivity index (χ1v) is 3.13. The lowest BCUT2D eigenvalue weighted by molar-refractivity contribution is -0.303. The maximum absolute atomic E-state index is 11.1. The van der Waals surface area contributed by atoms with Crippen molar-refractivity contribution in [2.45, 2.75) is 27.1 Å². The van der Waals surface area contributed by atoms with Crippen LogP contribution >= 0.6 is 0 Å². The summed E-state index contributed by atoms with van der Waals surface area (Å²) in [5.74, 6) is -3.18. The molecular weight excluding hydrogens is 177 g/mol. The molecule has 0 amide bonds. The lowest BCUT2D eigenvalue weighted by Gasteiger charge is -2.03. The van der Waals surface area contributed by atoms with Gasteiger partial charge in [-0.1, -0.05) is 13.8 Å². The van der Waals surface area contributed by atoms with Gasteiger partial charge in [-0.3, -0.25) is 4.79 Å². The second-order valence-electron chi connectivity index (χ2n) is 1.39. The average molecular weight is 186 g/mol. The quantitative estimate of drug-likeness (QED) is 0.462. The zero-order chi connectivity index (χ0) is 10.4. The number of carbonyl (C=O) groups excluding carboxylic acids is 2. The number of esters is 1. The fraction of sp³-hybridized carbons (Fsp3) is 0.667. The Balaban J connectivity index is 0. The maximum atomic E-state index is 11.1. The van der Waals surface area contributed by atoms with E-state index < -0.39 is 18.1 Å². The number of ether oxygens (including phenoxy) is 1. The predicted molar refractivity (Wildman–Crippen MR) is 34.2 cm³/mol. The van der Waals surface area contributed by atoms with Gasteiger partial charge in [-0.15, -0.1) is 13.2 Å². The molecule has 0 bridgehead atoms. The Labute approximate surface area is 67.5 Å². The van der Waals surface area contributed by atoms with E-state index in [9.17, 15) is 22.8 Å². The minimum absolute atomic E-state index is 0.689. The van der Waals surface area contributed by atoms with Crippen molar-refractivity contribution in [3.63, 3.8) is 0 Å². The van der Waals surface area contributed by atoms with Crippen LogP contribution in [0.3, 0.4) is 0 Å². The molecule has 0 spiro atoms. The summed E-state index contributed by atoms with van der Waals surface area (Å²) in [5.41, 5.74) is 0. The first-order chi connectivity index (χ1) is 5.33. The summed E-state index contributed by atoms with van der Waals surface area (Å²) in [6.07, 6.45) is -5.07. The highest BCUT2D eigenvalue weighted by molar-refractivity contribution is 6.32. The monoisotopic (exact) mass is 186 g/mol. The molecule has 0 rings (SSSR count). The molecule has 72 valence electrons. The lowest BCUT2D eigenvalue weighted by Crippen LogP contribution is -2.23. The average Bonchev–Trinajstić information content (AvgIpc) is 1.88. The van der Waals surface area contributed by atoms with Crippen LogP contribution in [0.15, 0.2) is 0 Å². The summed E-state index contributed by atoms with van der Waals surface area (Å²) in [4.78, 5) is 19.7. The molecule has 0 unspecified atom stereocenters. The normalized spacial score (nSPS) is 9.50. The zero-order valence-corrected chi connectivity index (χ0v) is 6.86. The van der Waals surface area contributed by atoms with Gasteiger partial charge in [0.25, 0.3) is 0 Å². The van der Waals surface area contributed by atoms with Crippen LogP contribution < -0.4 is 0 Å². The molecule has 0 aromatic carbocycles. The van der Waals surface area contributed by atoms with Crippen LogP contribution in [0.5, 0.6) is 0 Å². The second-order valence-corrected chi connectivity index (χ2v) is 1.39. The highest BCUT2D eigenvalue weighted by Gasteiger charge is 2.35. The number of hydrogen-bond acceptors (Lipinski definition) is 3. The molecule has 0 aliphatic heterocycles. The molecule has 12 heavy (non-hydrogen) atoms. The smallest absolute Gasteiger partial charge is 0.367 e. The van der Waals surface area contributed by atoms with Gasteiger partial charge in [-0.25, -0.2) is 4.79 Å². The Morgan fingerprint density at radius 2 is 1.50 bits per heavy atom. The molecule has 0 N–H and O–H groups in total. The van der Waals surface area contributed by atoms with Gasteiger partial charge in [0.2, 0.25) is 5.78 Å². The summed E-state index contributed by atoms with van der Waals surface area (Å²) in [6.45, 7) is 4.69. The van der Waals surface area contributed by atoms with E-state index in [1.807, 2.05) is 13.8 Å². The molecule has 0 saturated carbocycles. The molecule has 0 atom stereocenters. The van der Waals surface area contributed by atoms with Crippen LogP contribution in [-0.2, 0) is 14.3 Å². The molecule has 0 aliphatic carbocycles.